The van der Waals surface area contributed by atoms with Crippen molar-refractivity contribution in [3.05, 3.63) is 53.2 Å². The van der Waals surface area contributed by atoms with Gasteiger partial charge in [0.2, 0.25) is 5.91 Å². The molecule has 13 heteroatoms. The number of nitrogens with one attached hydrogen (secondary N) is 4. The molecule has 3 heterocycles. The van der Waals surface area contributed by atoms with Crippen molar-refractivity contribution in [1.82, 2.24) is 24.8 Å². The number of carbonyl (C=O) groups excluding carboxylic acids is 3. The zero-order valence-corrected chi connectivity index (χ0v) is 25.3. The van der Waals surface area contributed by atoms with Gasteiger partial charge in [-0.25, -0.2) is 19.7 Å². The van der Waals surface area contributed by atoms with Crippen LogP contribution in [0, 0.1) is 19.3 Å². The molecule has 3 amide bonds. The SMILES string of the molecule is CNc1c(C(C)=N)nc(C)nc1-c1cc(NC(=O)c2ccc(C)cn2)nc(NC(=O)C(C)N(C)C(=O)OC(C)(C)C)c1. The molecule has 0 bridgehead atoms. The number of aryl methyl sites for hydroxylation is 2. The monoisotopic (exact) mass is 575 g/mol. The lowest BCUT2D eigenvalue weighted by Crippen LogP contribution is -2.45. The van der Waals surface area contributed by atoms with Crippen LogP contribution >= 0.6 is 0 Å². The Balaban J connectivity index is 2.05. The van der Waals surface area contributed by atoms with Crippen molar-refractivity contribution in [3.63, 3.8) is 0 Å². The highest BCUT2D eigenvalue weighted by atomic mass is 16.6. The van der Waals surface area contributed by atoms with Crippen LogP contribution in [0.2, 0.25) is 0 Å². The molecule has 3 aromatic heterocycles. The number of nitrogens with zero attached hydrogens (tertiary/aromatic N) is 5. The van der Waals surface area contributed by atoms with Crippen LogP contribution in [0.3, 0.4) is 0 Å². The van der Waals surface area contributed by atoms with E-state index in [1.165, 1.54) is 11.9 Å². The van der Waals surface area contributed by atoms with Crippen LogP contribution in [0.15, 0.2) is 30.5 Å². The summed E-state index contributed by atoms with van der Waals surface area (Å²) < 4.78 is 5.38. The second kappa shape index (κ2) is 12.7. The molecule has 1 atom stereocenters. The molecule has 0 fully saturated rings. The molecule has 0 aromatic carbocycles. The van der Waals surface area contributed by atoms with Gasteiger partial charge in [0, 0.05) is 25.9 Å². The zero-order valence-electron chi connectivity index (χ0n) is 25.3. The lowest BCUT2D eigenvalue weighted by Gasteiger charge is -2.28. The van der Waals surface area contributed by atoms with Crippen LogP contribution in [0.25, 0.3) is 11.3 Å². The van der Waals surface area contributed by atoms with Crippen molar-refractivity contribution < 1.29 is 19.1 Å². The number of ether oxygens (including phenoxy) is 1. The molecular formula is C29H37N9O4. The summed E-state index contributed by atoms with van der Waals surface area (Å²) in [6, 6.07) is 5.63. The van der Waals surface area contributed by atoms with Gasteiger partial charge in [0.25, 0.3) is 5.91 Å². The van der Waals surface area contributed by atoms with Crippen LogP contribution in [-0.4, -0.2) is 74.2 Å². The molecule has 4 N–H and O–H groups in total. The third kappa shape index (κ3) is 7.83. The van der Waals surface area contributed by atoms with E-state index in [1.807, 2.05) is 6.92 Å². The van der Waals surface area contributed by atoms with Crippen LogP contribution < -0.4 is 16.0 Å². The first-order valence-electron chi connectivity index (χ1n) is 13.2. The molecule has 0 radical (unpaired) electrons. The number of hydrogen-bond acceptors (Lipinski definition) is 10. The van der Waals surface area contributed by atoms with E-state index in [2.05, 4.69) is 35.9 Å². The van der Waals surface area contributed by atoms with Crippen molar-refractivity contribution >= 4 is 40.9 Å². The second-order valence-electron chi connectivity index (χ2n) is 10.8. The highest BCUT2D eigenvalue weighted by molar-refractivity contribution is 6.04. The summed E-state index contributed by atoms with van der Waals surface area (Å²) >= 11 is 0. The summed E-state index contributed by atoms with van der Waals surface area (Å²) in [7, 11) is 3.15. The molecule has 3 aromatic rings. The second-order valence-corrected chi connectivity index (χ2v) is 10.8. The predicted molar refractivity (Wildman–Crippen MR) is 161 cm³/mol. The quantitative estimate of drug-likeness (QED) is 0.283. The molecule has 0 saturated heterocycles. The lowest BCUT2D eigenvalue weighted by atomic mass is 10.1. The standard InChI is InChI=1S/C29H37N9O4/c1-15-10-11-20(32-14-15)27(40)37-22-13-19(24-25(31-8)23(16(2)30)33-18(4)34-24)12-21(35-22)36-26(39)17(3)38(9)28(41)42-29(5,6)7/h10-14,17,30-31H,1-9H3,(H2,35,36,37,39,40). The molecule has 0 saturated carbocycles. The molecule has 13 nitrogen and oxygen atoms in total. The Morgan fingerprint density at radius 2 is 1.67 bits per heavy atom. The van der Waals surface area contributed by atoms with E-state index in [0.29, 0.717) is 28.5 Å². The number of pyridine rings is 2. The van der Waals surface area contributed by atoms with Gasteiger partial charge in [-0.1, -0.05) is 6.07 Å². The van der Waals surface area contributed by atoms with Gasteiger partial charge in [-0.2, -0.15) is 0 Å². The van der Waals surface area contributed by atoms with E-state index >= 15 is 0 Å². The summed E-state index contributed by atoms with van der Waals surface area (Å²) in [5.74, 6) is -0.390. The maximum absolute atomic E-state index is 13.2. The Morgan fingerprint density at radius 3 is 2.21 bits per heavy atom. The number of anilines is 3. The van der Waals surface area contributed by atoms with Crippen molar-refractivity contribution in [2.45, 2.75) is 60.1 Å². The summed E-state index contributed by atoms with van der Waals surface area (Å²) in [5.41, 5.74) is 2.40. The van der Waals surface area contributed by atoms with Gasteiger partial charge in [0.1, 0.15) is 40.5 Å². The van der Waals surface area contributed by atoms with E-state index in [1.54, 1.807) is 79.1 Å². The maximum Gasteiger partial charge on any atom is 0.410 e. The Morgan fingerprint density at radius 1 is 1.02 bits per heavy atom. The third-order valence-electron chi connectivity index (χ3n) is 6.00. The molecule has 42 heavy (non-hydrogen) atoms. The molecule has 222 valence electrons. The van der Waals surface area contributed by atoms with E-state index < -0.39 is 29.6 Å². The smallest absolute Gasteiger partial charge is 0.410 e. The normalized spacial score (nSPS) is 11.7. The first-order valence-corrected chi connectivity index (χ1v) is 13.2. The molecule has 0 aliphatic rings. The first-order chi connectivity index (χ1) is 19.6. The van der Waals surface area contributed by atoms with Gasteiger partial charge in [-0.3, -0.25) is 19.5 Å². The average molecular weight is 576 g/mol. The van der Waals surface area contributed by atoms with Gasteiger partial charge in [0.05, 0.1) is 17.1 Å². The number of hydrogen-bond donors (Lipinski definition) is 4. The molecular weight excluding hydrogens is 538 g/mol. The van der Waals surface area contributed by atoms with Crippen LogP contribution in [0.4, 0.5) is 22.1 Å². The van der Waals surface area contributed by atoms with E-state index in [4.69, 9.17) is 10.1 Å². The minimum Gasteiger partial charge on any atom is -0.444 e. The number of likely N-dealkylation sites (N-methyl/N-ethyl adjacent to an activating group) is 1. The lowest BCUT2D eigenvalue weighted by molar-refractivity contribution is -0.120. The van der Waals surface area contributed by atoms with Crippen molar-refractivity contribution in [2.75, 3.05) is 30.0 Å². The average Bonchev–Trinajstić information content (AvgIpc) is 2.90. The number of aromatic nitrogens is 4. The third-order valence-corrected chi connectivity index (χ3v) is 6.00. The van der Waals surface area contributed by atoms with Crippen molar-refractivity contribution in [3.8, 4) is 11.3 Å². The fourth-order valence-electron chi connectivity index (χ4n) is 3.77. The van der Waals surface area contributed by atoms with E-state index in [-0.39, 0.29) is 23.0 Å². The van der Waals surface area contributed by atoms with Crippen LogP contribution in [-0.2, 0) is 9.53 Å². The summed E-state index contributed by atoms with van der Waals surface area (Å²) in [6.45, 7) is 12.0. The zero-order chi connectivity index (χ0) is 31.4. The molecule has 0 aliphatic heterocycles. The predicted octanol–water partition coefficient (Wildman–Crippen LogP) is 4.43. The summed E-state index contributed by atoms with van der Waals surface area (Å²) in [5, 5.41) is 16.7. The Hall–Kier alpha value is -4.94. The molecule has 3 rings (SSSR count). The minimum atomic E-state index is -0.915. The van der Waals surface area contributed by atoms with Gasteiger partial charge in [-0.15, -0.1) is 0 Å². The van der Waals surface area contributed by atoms with Gasteiger partial charge in [0.15, 0.2) is 0 Å². The fourth-order valence-corrected chi connectivity index (χ4v) is 3.77. The molecule has 0 aliphatic carbocycles. The maximum atomic E-state index is 13.2. The highest BCUT2D eigenvalue weighted by Gasteiger charge is 2.27. The Bertz CT molecular complexity index is 1510. The van der Waals surface area contributed by atoms with E-state index in [0.717, 1.165) is 5.56 Å². The van der Waals surface area contributed by atoms with Crippen LogP contribution in [0.5, 0.6) is 0 Å². The first kappa shape index (κ1) is 31.6. The topological polar surface area (TPSA) is 175 Å². The highest BCUT2D eigenvalue weighted by Crippen LogP contribution is 2.32. The van der Waals surface area contributed by atoms with Crippen molar-refractivity contribution in [2.24, 2.45) is 0 Å². The fraction of sp³-hybridized carbons (Fsp3) is 0.379. The molecule has 1 unspecified atom stereocenters. The minimum absolute atomic E-state index is 0.0977. The summed E-state index contributed by atoms with van der Waals surface area (Å²) in [6.07, 6.45) is 0.923. The number of rotatable bonds is 8. The van der Waals surface area contributed by atoms with E-state index in [9.17, 15) is 14.4 Å². The Labute approximate surface area is 245 Å². The van der Waals surface area contributed by atoms with Gasteiger partial charge < -0.3 is 26.1 Å². The van der Waals surface area contributed by atoms with Crippen molar-refractivity contribution in [1.29, 1.82) is 5.41 Å². The largest absolute Gasteiger partial charge is 0.444 e. The molecule has 0 spiro atoms. The van der Waals surface area contributed by atoms with Crippen LogP contribution in [0.1, 0.15) is 62.2 Å². The van der Waals surface area contributed by atoms with Gasteiger partial charge in [-0.05, 0) is 72.2 Å². The number of carbonyl (C=O) groups is 3. The summed E-state index contributed by atoms with van der Waals surface area (Å²) in [4.78, 5) is 57.5. The number of amides is 3. The van der Waals surface area contributed by atoms with Gasteiger partial charge >= 0.3 is 6.09 Å². The Kier molecular flexibility index (Phi) is 9.56.